The van der Waals surface area contributed by atoms with Crippen molar-refractivity contribution in [1.29, 1.82) is 0 Å². The lowest BCUT2D eigenvalue weighted by Gasteiger charge is -2.08. The Morgan fingerprint density at radius 1 is 0.692 bits per heavy atom. The molecule has 0 saturated heterocycles. The normalized spacial score (nSPS) is 11.4. The van der Waals surface area contributed by atoms with E-state index < -0.39 is 5.97 Å². The highest BCUT2D eigenvalue weighted by molar-refractivity contribution is 6.21. The average Bonchev–Trinajstić information content (AvgIpc) is 3.03. The standard InChI is InChI=1S/C23H15NO2/c25-23(26)16-9-12-17(13-10-16)24-20-8-4-3-7-19(20)22-18-6-2-1-5-15(18)11-14-21(22)24/h1-14H,(H,25,26). The van der Waals surface area contributed by atoms with Crippen molar-refractivity contribution in [3.63, 3.8) is 0 Å². The maximum Gasteiger partial charge on any atom is 0.335 e. The van der Waals surface area contributed by atoms with Gasteiger partial charge in [-0.2, -0.15) is 0 Å². The number of carboxylic acids is 1. The SMILES string of the molecule is O=C(O)c1ccc(-n2c3ccccc3c3c4ccccc4ccc32)cc1. The molecule has 26 heavy (non-hydrogen) atoms. The number of aromatic carboxylic acids is 1. The Morgan fingerprint density at radius 3 is 2.15 bits per heavy atom. The molecular weight excluding hydrogens is 322 g/mol. The number of aromatic nitrogens is 1. The topological polar surface area (TPSA) is 42.2 Å². The maximum absolute atomic E-state index is 11.2. The van der Waals surface area contributed by atoms with Crippen molar-refractivity contribution >= 4 is 38.5 Å². The van der Waals surface area contributed by atoms with Crippen LogP contribution in [0.4, 0.5) is 0 Å². The van der Waals surface area contributed by atoms with Crippen molar-refractivity contribution in [2.45, 2.75) is 0 Å². The molecule has 0 fully saturated rings. The molecule has 5 aromatic rings. The number of hydrogen-bond donors (Lipinski definition) is 1. The van der Waals surface area contributed by atoms with Crippen LogP contribution in [0.5, 0.6) is 0 Å². The van der Waals surface area contributed by atoms with Gasteiger partial charge in [0.05, 0.1) is 16.6 Å². The van der Waals surface area contributed by atoms with Gasteiger partial charge in [-0.3, -0.25) is 0 Å². The zero-order chi connectivity index (χ0) is 17.7. The minimum Gasteiger partial charge on any atom is -0.478 e. The number of rotatable bonds is 2. The Labute approximate surface area is 149 Å². The maximum atomic E-state index is 11.2. The fraction of sp³-hybridized carbons (Fsp3) is 0. The number of carbonyl (C=O) groups is 1. The molecule has 4 aromatic carbocycles. The Bertz CT molecular complexity index is 1300. The van der Waals surface area contributed by atoms with Crippen molar-refractivity contribution in [1.82, 2.24) is 4.57 Å². The number of para-hydroxylation sites is 1. The van der Waals surface area contributed by atoms with Crippen LogP contribution in [-0.4, -0.2) is 15.6 Å². The Morgan fingerprint density at radius 2 is 1.38 bits per heavy atom. The lowest BCUT2D eigenvalue weighted by Crippen LogP contribution is -1.98. The first-order chi connectivity index (χ1) is 12.7. The summed E-state index contributed by atoms with van der Waals surface area (Å²) in [4.78, 5) is 11.2. The van der Waals surface area contributed by atoms with Gasteiger partial charge < -0.3 is 9.67 Å². The first kappa shape index (κ1) is 14.7. The summed E-state index contributed by atoms with van der Waals surface area (Å²) in [6.07, 6.45) is 0. The molecule has 0 radical (unpaired) electrons. The van der Waals surface area contributed by atoms with Crippen LogP contribution in [-0.2, 0) is 0 Å². The highest BCUT2D eigenvalue weighted by atomic mass is 16.4. The summed E-state index contributed by atoms with van der Waals surface area (Å²) in [5.41, 5.74) is 3.48. The van der Waals surface area contributed by atoms with E-state index >= 15 is 0 Å². The summed E-state index contributed by atoms with van der Waals surface area (Å²) < 4.78 is 2.20. The fourth-order valence-electron chi connectivity index (χ4n) is 3.77. The molecule has 3 nitrogen and oxygen atoms in total. The van der Waals surface area contributed by atoms with Crippen LogP contribution in [0.3, 0.4) is 0 Å². The second kappa shape index (κ2) is 5.46. The van der Waals surface area contributed by atoms with Crippen molar-refractivity contribution in [2.24, 2.45) is 0 Å². The minimum absolute atomic E-state index is 0.292. The second-order valence-electron chi connectivity index (χ2n) is 6.39. The largest absolute Gasteiger partial charge is 0.478 e. The number of hydrogen-bond acceptors (Lipinski definition) is 1. The fourth-order valence-corrected chi connectivity index (χ4v) is 3.77. The zero-order valence-electron chi connectivity index (χ0n) is 13.9. The molecule has 0 saturated carbocycles. The van der Waals surface area contributed by atoms with E-state index in [1.165, 1.54) is 21.5 Å². The van der Waals surface area contributed by atoms with Crippen molar-refractivity contribution < 1.29 is 9.90 Å². The third kappa shape index (κ3) is 2.04. The molecule has 0 bridgehead atoms. The van der Waals surface area contributed by atoms with E-state index in [1.807, 2.05) is 18.2 Å². The zero-order valence-corrected chi connectivity index (χ0v) is 13.9. The molecule has 1 N–H and O–H groups in total. The predicted octanol–water partition coefficient (Wildman–Crippen LogP) is 5.64. The Balaban J connectivity index is 1.92. The second-order valence-corrected chi connectivity index (χ2v) is 6.39. The van der Waals surface area contributed by atoms with E-state index in [4.69, 9.17) is 5.11 Å². The Kier molecular flexibility index (Phi) is 3.09. The molecule has 1 aromatic heterocycles. The van der Waals surface area contributed by atoms with Gasteiger partial charge in [-0.25, -0.2) is 4.79 Å². The summed E-state index contributed by atoms with van der Waals surface area (Å²) in [7, 11) is 0. The van der Waals surface area contributed by atoms with Gasteiger partial charge in [0.15, 0.2) is 0 Å². The molecule has 0 unspecified atom stereocenters. The molecule has 0 aliphatic carbocycles. The minimum atomic E-state index is -0.912. The van der Waals surface area contributed by atoms with E-state index in [0.29, 0.717) is 5.56 Å². The number of benzene rings is 4. The average molecular weight is 337 g/mol. The van der Waals surface area contributed by atoms with Gasteiger partial charge in [0.2, 0.25) is 0 Å². The van der Waals surface area contributed by atoms with E-state index in [0.717, 1.165) is 16.7 Å². The molecular formula is C23H15NO2. The smallest absolute Gasteiger partial charge is 0.335 e. The van der Waals surface area contributed by atoms with E-state index in [1.54, 1.807) is 12.1 Å². The van der Waals surface area contributed by atoms with Gasteiger partial charge in [-0.05, 0) is 47.2 Å². The number of fused-ring (bicyclic) bond motifs is 5. The predicted molar refractivity (Wildman–Crippen MR) is 105 cm³/mol. The van der Waals surface area contributed by atoms with E-state index in [2.05, 4.69) is 59.2 Å². The molecule has 124 valence electrons. The van der Waals surface area contributed by atoms with Crippen molar-refractivity contribution in [2.75, 3.05) is 0 Å². The third-order valence-corrected chi connectivity index (χ3v) is 4.93. The van der Waals surface area contributed by atoms with Crippen LogP contribution >= 0.6 is 0 Å². The van der Waals surface area contributed by atoms with Gasteiger partial charge in [0.1, 0.15) is 0 Å². The van der Waals surface area contributed by atoms with Crippen LogP contribution in [0, 0.1) is 0 Å². The van der Waals surface area contributed by atoms with Crippen LogP contribution in [0.2, 0.25) is 0 Å². The van der Waals surface area contributed by atoms with Gasteiger partial charge >= 0.3 is 5.97 Å². The van der Waals surface area contributed by atoms with Crippen LogP contribution < -0.4 is 0 Å². The van der Waals surface area contributed by atoms with Gasteiger partial charge in [0.25, 0.3) is 0 Å². The van der Waals surface area contributed by atoms with Gasteiger partial charge in [-0.15, -0.1) is 0 Å². The molecule has 0 aliphatic rings. The van der Waals surface area contributed by atoms with Gasteiger partial charge in [-0.1, -0.05) is 48.5 Å². The van der Waals surface area contributed by atoms with Crippen LogP contribution in [0.15, 0.2) is 84.9 Å². The summed E-state index contributed by atoms with van der Waals surface area (Å²) in [5, 5.41) is 14.0. The molecule has 3 heteroatoms. The molecule has 0 amide bonds. The van der Waals surface area contributed by atoms with Crippen LogP contribution in [0.1, 0.15) is 10.4 Å². The molecule has 0 aliphatic heterocycles. The third-order valence-electron chi connectivity index (χ3n) is 4.93. The van der Waals surface area contributed by atoms with Gasteiger partial charge in [0, 0.05) is 16.5 Å². The quantitative estimate of drug-likeness (QED) is 0.453. The summed E-state index contributed by atoms with van der Waals surface area (Å²) in [5.74, 6) is -0.912. The number of nitrogens with zero attached hydrogens (tertiary/aromatic N) is 1. The monoisotopic (exact) mass is 337 g/mol. The highest BCUT2D eigenvalue weighted by Gasteiger charge is 2.14. The first-order valence-electron chi connectivity index (χ1n) is 8.49. The van der Waals surface area contributed by atoms with E-state index in [-0.39, 0.29) is 0 Å². The van der Waals surface area contributed by atoms with Crippen molar-refractivity contribution in [3.05, 3.63) is 90.5 Å². The molecule has 1 heterocycles. The number of carboxylic acid groups (broad SMARTS) is 1. The summed E-state index contributed by atoms with van der Waals surface area (Å²) in [6, 6.07) is 28.1. The van der Waals surface area contributed by atoms with Crippen LogP contribution in [0.25, 0.3) is 38.3 Å². The Hall–Kier alpha value is -3.59. The van der Waals surface area contributed by atoms with E-state index in [9.17, 15) is 4.79 Å². The molecule has 5 rings (SSSR count). The first-order valence-corrected chi connectivity index (χ1v) is 8.49. The summed E-state index contributed by atoms with van der Waals surface area (Å²) >= 11 is 0. The summed E-state index contributed by atoms with van der Waals surface area (Å²) in [6.45, 7) is 0. The highest BCUT2D eigenvalue weighted by Crippen LogP contribution is 2.36. The van der Waals surface area contributed by atoms with Crippen molar-refractivity contribution in [3.8, 4) is 5.69 Å². The molecule has 0 atom stereocenters. The lowest BCUT2D eigenvalue weighted by atomic mass is 10.0. The molecule has 0 spiro atoms. The lowest BCUT2D eigenvalue weighted by molar-refractivity contribution is 0.0697.